The molecule has 2 saturated heterocycles. The first-order valence-electron chi connectivity index (χ1n) is 13.6. The number of rotatable bonds is 6. The molecule has 0 radical (unpaired) electrons. The minimum Gasteiger partial charge on any atom is -0.448 e. The van der Waals surface area contributed by atoms with Gasteiger partial charge in [0.2, 0.25) is 5.91 Å². The van der Waals surface area contributed by atoms with E-state index in [1.807, 2.05) is 24.3 Å². The number of carbonyl (C=O) groups is 3. The molecule has 1 atom stereocenters. The average Bonchev–Trinajstić information content (AvgIpc) is 3.30. The number of amides is 2. The lowest BCUT2D eigenvalue weighted by atomic mass is 9.93. The molecule has 1 N–H and O–H groups in total. The van der Waals surface area contributed by atoms with Gasteiger partial charge in [-0.25, -0.2) is 4.79 Å². The maximum absolute atomic E-state index is 13.2. The van der Waals surface area contributed by atoms with E-state index in [-0.39, 0.29) is 17.7 Å². The van der Waals surface area contributed by atoms with Crippen LogP contribution >= 0.6 is 23.2 Å². The highest BCUT2D eigenvalue weighted by molar-refractivity contribution is 6.36. The smallest absolute Gasteiger partial charge is 0.448 e. The fraction of sp³-hybridized carbons (Fsp3) is 0.483. The van der Waals surface area contributed by atoms with Gasteiger partial charge >= 0.3 is 6.16 Å². The first-order chi connectivity index (χ1) is 18.8. The monoisotopic (exact) mass is 573 g/mol. The zero-order valence-electron chi connectivity index (χ0n) is 21.8. The van der Waals surface area contributed by atoms with Gasteiger partial charge in [-0.1, -0.05) is 54.6 Å². The van der Waals surface area contributed by atoms with Crippen molar-refractivity contribution in [3.63, 3.8) is 0 Å². The predicted octanol–water partition coefficient (Wildman–Crippen LogP) is 5.75. The van der Waals surface area contributed by atoms with Crippen molar-refractivity contribution in [3.8, 4) is 11.1 Å². The molecule has 10 heteroatoms. The third-order valence-corrected chi connectivity index (χ3v) is 8.83. The molecule has 2 amide bonds. The third kappa shape index (κ3) is 6.34. The van der Waals surface area contributed by atoms with Crippen molar-refractivity contribution in [1.82, 2.24) is 14.9 Å². The largest absolute Gasteiger partial charge is 0.525 e. The predicted molar refractivity (Wildman–Crippen MR) is 149 cm³/mol. The maximum atomic E-state index is 13.2. The molecular weight excluding hydrogens is 541 g/mol. The van der Waals surface area contributed by atoms with Crippen molar-refractivity contribution in [2.24, 2.45) is 5.92 Å². The van der Waals surface area contributed by atoms with Crippen molar-refractivity contribution in [2.45, 2.75) is 51.0 Å². The second-order valence-corrected chi connectivity index (χ2v) is 11.4. The third-order valence-electron chi connectivity index (χ3n) is 8.16. The van der Waals surface area contributed by atoms with Crippen LogP contribution in [0.5, 0.6) is 0 Å². The van der Waals surface area contributed by atoms with Crippen LogP contribution in [0, 0.1) is 5.92 Å². The molecule has 3 aliphatic rings. The first-order valence-corrected chi connectivity index (χ1v) is 14.4. The minimum atomic E-state index is -1.35. The summed E-state index contributed by atoms with van der Waals surface area (Å²) in [6.07, 6.45) is 5.91. The van der Waals surface area contributed by atoms with Crippen LogP contribution in [0.25, 0.3) is 11.1 Å². The summed E-state index contributed by atoms with van der Waals surface area (Å²) in [4.78, 5) is 45.2. The Bertz CT molecular complexity index is 1200. The number of benzene rings is 2. The molecule has 2 aliphatic heterocycles. The van der Waals surface area contributed by atoms with Gasteiger partial charge in [0.1, 0.15) is 0 Å². The van der Waals surface area contributed by atoms with Gasteiger partial charge in [-0.15, -0.1) is 5.06 Å². The summed E-state index contributed by atoms with van der Waals surface area (Å²) in [5.41, 5.74) is 3.07. The van der Waals surface area contributed by atoms with Gasteiger partial charge in [0, 0.05) is 47.2 Å². The van der Waals surface area contributed by atoms with Crippen LogP contribution < -0.4 is 0 Å². The second kappa shape index (κ2) is 12.1. The number of hydrogen-bond donors (Lipinski definition) is 1. The molecule has 208 valence electrons. The summed E-state index contributed by atoms with van der Waals surface area (Å²) in [5, 5.41) is 11.2. The van der Waals surface area contributed by atoms with Gasteiger partial charge in [0.15, 0.2) is 0 Å². The molecule has 0 spiro atoms. The van der Waals surface area contributed by atoms with Gasteiger partial charge in [-0.3, -0.25) is 9.59 Å². The number of likely N-dealkylation sites (tertiary alicyclic amines) is 1. The molecule has 1 unspecified atom stereocenters. The molecule has 8 nitrogen and oxygen atoms in total. The summed E-state index contributed by atoms with van der Waals surface area (Å²) in [6.45, 7) is 2.22. The topological polar surface area (TPSA) is 90.4 Å². The zero-order valence-corrected chi connectivity index (χ0v) is 23.3. The first kappa shape index (κ1) is 27.7. The Balaban J connectivity index is 1.22. The Morgan fingerprint density at radius 2 is 1.51 bits per heavy atom. The van der Waals surface area contributed by atoms with Crippen LogP contribution in [-0.4, -0.2) is 76.7 Å². The average molecular weight is 575 g/mol. The molecule has 2 heterocycles. The lowest BCUT2D eigenvalue weighted by molar-refractivity contribution is -0.135. The molecule has 1 aliphatic carbocycles. The van der Waals surface area contributed by atoms with E-state index in [2.05, 4.69) is 9.74 Å². The van der Waals surface area contributed by atoms with Gasteiger partial charge < -0.3 is 19.7 Å². The highest BCUT2D eigenvalue weighted by atomic mass is 35.5. The molecule has 39 heavy (non-hydrogen) atoms. The van der Waals surface area contributed by atoms with Crippen molar-refractivity contribution >= 4 is 41.2 Å². The fourth-order valence-electron chi connectivity index (χ4n) is 6.00. The molecule has 0 aromatic heterocycles. The van der Waals surface area contributed by atoms with Crippen LogP contribution in [0.15, 0.2) is 36.4 Å². The van der Waals surface area contributed by atoms with Crippen molar-refractivity contribution in [1.29, 1.82) is 0 Å². The van der Waals surface area contributed by atoms with Crippen LogP contribution in [0.3, 0.4) is 0 Å². The van der Waals surface area contributed by atoms with Gasteiger partial charge in [-0.05, 0) is 66.6 Å². The molecule has 3 fully saturated rings. The number of halogens is 2. The number of nitrogens with zero attached hydrogens (tertiary/aromatic N) is 3. The highest BCUT2D eigenvalue weighted by Crippen LogP contribution is 2.36. The fourth-order valence-corrected chi connectivity index (χ4v) is 6.64. The Labute approximate surface area is 238 Å². The summed E-state index contributed by atoms with van der Waals surface area (Å²) in [7, 11) is 0. The number of hydroxylamine groups is 2. The Morgan fingerprint density at radius 3 is 2.13 bits per heavy atom. The molecule has 2 aromatic carbocycles. The minimum absolute atomic E-state index is 0.0874. The van der Waals surface area contributed by atoms with Crippen LogP contribution in [0.4, 0.5) is 4.79 Å². The zero-order chi connectivity index (χ0) is 27.5. The van der Waals surface area contributed by atoms with E-state index in [0.29, 0.717) is 54.3 Å². The van der Waals surface area contributed by atoms with E-state index in [4.69, 9.17) is 28.3 Å². The van der Waals surface area contributed by atoms with E-state index >= 15 is 0 Å². The SMILES string of the molecule is O=C(O)ON1CCN(C(=O)c2ccc(-c3cc(Cl)c(CC4CCN(C5CCCCC5)C4=O)c(Cl)c3)cc2)CC1. The van der Waals surface area contributed by atoms with Gasteiger partial charge in [0.05, 0.1) is 13.1 Å². The molecule has 2 aromatic rings. The van der Waals surface area contributed by atoms with E-state index in [1.165, 1.54) is 24.3 Å². The van der Waals surface area contributed by atoms with Crippen LogP contribution in [0.2, 0.25) is 10.0 Å². The van der Waals surface area contributed by atoms with Crippen molar-refractivity contribution in [2.75, 3.05) is 32.7 Å². The summed E-state index contributed by atoms with van der Waals surface area (Å²) >= 11 is 13.4. The highest BCUT2D eigenvalue weighted by Gasteiger charge is 2.36. The molecule has 0 bridgehead atoms. The Hall–Kier alpha value is -2.81. The standard InChI is InChI=1S/C29H33Cl2N3O5/c30-25-17-22(18-26(31)24(25)16-21-10-11-34(28(21)36)23-4-2-1-3-5-23)19-6-8-20(9-7-19)27(35)32-12-14-33(15-13-32)39-29(37)38/h6-9,17-18,21,23H,1-5,10-16H2,(H,37,38). The maximum Gasteiger partial charge on any atom is 0.525 e. The van der Waals surface area contributed by atoms with E-state index in [9.17, 15) is 14.4 Å². The lowest BCUT2D eigenvalue weighted by Gasteiger charge is -2.32. The quantitative estimate of drug-likeness (QED) is 0.473. The Morgan fingerprint density at radius 1 is 0.872 bits per heavy atom. The summed E-state index contributed by atoms with van der Waals surface area (Å²) in [5.74, 6) is 0.0243. The summed E-state index contributed by atoms with van der Waals surface area (Å²) in [6, 6.07) is 11.4. The Kier molecular flexibility index (Phi) is 8.64. The normalized spacial score (nSPS) is 20.9. The second-order valence-electron chi connectivity index (χ2n) is 10.6. The van der Waals surface area contributed by atoms with E-state index in [1.54, 1.807) is 17.0 Å². The van der Waals surface area contributed by atoms with E-state index < -0.39 is 6.16 Å². The van der Waals surface area contributed by atoms with Gasteiger partial charge in [0.25, 0.3) is 5.91 Å². The van der Waals surface area contributed by atoms with Crippen LogP contribution in [0.1, 0.15) is 54.4 Å². The van der Waals surface area contributed by atoms with E-state index in [0.717, 1.165) is 42.5 Å². The number of carboxylic acid groups (broad SMARTS) is 1. The van der Waals surface area contributed by atoms with Gasteiger partial charge in [-0.2, -0.15) is 0 Å². The molecule has 1 saturated carbocycles. The van der Waals surface area contributed by atoms with Crippen molar-refractivity contribution < 1.29 is 24.3 Å². The summed E-state index contributed by atoms with van der Waals surface area (Å²) < 4.78 is 0. The lowest BCUT2D eigenvalue weighted by Crippen LogP contribution is -2.49. The molecule has 5 rings (SSSR count). The number of hydrogen-bond acceptors (Lipinski definition) is 5. The van der Waals surface area contributed by atoms with Crippen LogP contribution in [-0.2, 0) is 16.1 Å². The number of carbonyl (C=O) groups excluding carboxylic acids is 2. The van der Waals surface area contributed by atoms with Crippen molar-refractivity contribution in [3.05, 3.63) is 57.6 Å². The molecular formula is C29H33Cl2N3O5. The number of piperazine rings is 1.